The molecule has 3 rings (SSSR count). The van der Waals surface area contributed by atoms with Gasteiger partial charge in [-0.1, -0.05) is 19.0 Å². The van der Waals surface area contributed by atoms with Crippen molar-refractivity contribution < 1.29 is 19.2 Å². The summed E-state index contributed by atoms with van der Waals surface area (Å²) in [6.45, 7) is 6.42. The van der Waals surface area contributed by atoms with Gasteiger partial charge in [0, 0.05) is 37.6 Å². The van der Waals surface area contributed by atoms with Gasteiger partial charge in [0.25, 0.3) is 0 Å². The van der Waals surface area contributed by atoms with Gasteiger partial charge in [0.05, 0.1) is 6.61 Å². The fraction of sp³-hybridized carbons (Fsp3) is 0.609. The summed E-state index contributed by atoms with van der Waals surface area (Å²) < 4.78 is 11.3. The van der Waals surface area contributed by atoms with Crippen LogP contribution in [0.25, 0.3) is 0 Å². The number of benzene rings is 1. The number of ether oxygens (including phenoxy) is 1. The van der Waals surface area contributed by atoms with E-state index in [0.29, 0.717) is 29.9 Å². The monoisotopic (exact) mass is 430 g/mol. The Morgan fingerprint density at radius 1 is 1.39 bits per heavy atom. The number of aliphatic hydroxyl groups is 1. The zero-order valence-corrected chi connectivity index (χ0v) is 18.5. The molecule has 1 aromatic heterocycles. The number of anilines is 1. The van der Waals surface area contributed by atoms with Gasteiger partial charge in [-0.3, -0.25) is 4.79 Å². The van der Waals surface area contributed by atoms with Crippen molar-refractivity contribution in [1.29, 1.82) is 0 Å². The molecular weight excluding hydrogens is 396 g/mol. The summed E-state index contributed by atoms with van der Waals surface area (Å²) >= 11 is 0. The van der Waals surface area contributed by atoms with E-state index in [9.17, 15) is 9.90 Å². The summed E-state index contributed by atoms with van der Waals surface area (Å²) in [5.74, 6) is 1.50. The minimum absolute atomic E-state index is 0.0497. The molecule has 170 valence electrons. The Balaban J connectivity index is 1.42. The van der Waals surface area contributed by atoms with E-state index in [1.54, 1.807) is 12.1 Å². The van der Waals surface area contributed by atoms with Gasteiger partial charge in [0.15, 0.2) is 5.82 Å². The van der Waals surface area contributed by atoms with E-state index < -0.39 is 5.91 Å². The number of aromatic nitrogens is 2. The topological polar surface area (TPSA) is 115 Å². The molecule has 0 aliphatic carbocycles. The maximum absolute atomic E-state index is 11.6. The largest absolute Gasteiger partial charge is 0.494 e. The van der Waals surface area contributed by atoms with Gasteiger partial charge >= 0.3 is 6.01 Å². The molecule has 2 aromatic rings. The van der Waals surface area contributed by atoms with Crippen molar-refractivity contribution in [2.75, 3.05) is 31.2 Å². The Hall–Kier alpha value is -2.61. The molecule has 1 saturated heterocycles. The summed E-state index contributed by atoms with van der Waals surface area (Å²) in [6, 6.07) is 5.91. The lowest BCUT2D eigenvalue weighted by Crippen LogP contribution is -2.34. The van der Waals surface area contributed by atoms with Crippen LogP contribution in [0.2, 0.25) is 0 Å². The van der Waals surface area contributed by atoms with Crippen molar-refractivity contribution in [3.8, 4) is 5.75 Å². The maximum Gasteiger partial charge on any atom is 0.324 e. The number of aliphatic hydroxyl groups excluding tert-OH is 1. The normalized spacial score (nSPS) is 15.8. The Morgan fingerprint density at radius 3 is 2.84 bits per heavy atom. The van der Waals surface area contributed by atoms with Crippen LogP contribution >= 0.6 is 0 Å². The van der Waals surface area contributed by atoms with Crippen molar-refractivity contribution in [2.45, 2.75) is 58.3 Å². The average molecular weight is 431 g/mol. The van der Waals surface area contributed by atoms with Gasteiger partial charge in [-0.15, -0.1) is 0 Å². The minimum Gasteiger partial charge on any atom is -0.494 e. The number of hydrogen-bond acceptors (Lipinski definition) is 7. The van der Waals surface area contributed by atoms with Crippen LogP contribution in [-0.4, -0.2) is 47.5 Å². The average Bonchev–Trinajstić information content (AvgIpc) is 3.25. The zero-order chi connectivity index (χ0) is 22.2. The van der Waals surface area contributed by atoms with Gasteiger partial charge in [-0.05, 0) is 61.8 Å². The minimum atomic E-state index is -0.490. The summed E-state index contributed by atoms with van der Waals surface area (Å²) in [5, 5.41) is 13.5. The third kappa shape index (κ3) is 6.19. The molecule has 31 heavy (non-hydrogen) atoms. The number of carbonyl (C=O) groups excluding carboxylic acids is 1. The Morgan fingerprint density at radius 2 is 2.16 bits per heavy atom. The summed E-state index contributed by atoms with van der Waals surface area (Å²) in [7, 11) is 0. The number of rotatable bonds is 11. The predicted octanol–water partition coefficient (Wildman–Crippen LogP) is 3.29. The zero-order valence-electron chi connectivity index (χ0n) is 18.5. The molecule has 1 aromatic carbocycles. The summed E-state index contributed by atoms with van der Waals surface area (Å²) in [4.78, 5) is 18.3. The van der Waals surface area contributed by atoms with Gasteiger partial charge in [-0.25, -0.2) is 0 Å². The standard InChI is InChI=1S/C23H34N4O4/c1-3-5-21-25-23(31-26-21)27-11-9-17(10-12-27)6-4-13-30-18-7-8-19(22(24)29)20(14-18)16(2)15-28/h7-8,14,16-17,28H,3-6,9-13,15H2,1-2H3,(H2,24,29)/t16-/m0/s1. The van der Waals surface area contributed by atoms with Crippen molar-refractivity contribution >= 4 is 11.9 Å². The van der Waals surface area contributed by atoms with E-state index in [4.69, 9.17) is 15.0 Å². The SMILES string of the molecule is CCCc1noc(N2CCC(CCCOc3ccc(C(N)=O)c([C@@H](C)CO)c3)CC2)n1. The van der Waals surface area contributed by atoms with Crippen LogP contribution in [0.3, 0.4) is 0 Å². The van der Waals surface area contributed by atoms with Crippen molar-refractivity contribution in [3.05, 3.63) is 35.2 Å². The number of carbonyl (C=O) groups is 1. The molecule has 0 saturated carbocycles. The lowest BCUT2D eigenvalue weighted by atomic mass is 9.92. The van der Waals surface area contributed by atoms with E-state index >= 15 is 0 Å². The molecule has 1 amide bonds. The van der Waals surface area contributed by atoms with Crippen LogP contribution in [0.5, 0.6) is 5.75 Å². The Kier molecular flexibility index (Phi) is 8.28. The van der Waals surface area contributed by atoms with Crippen LogP contribution in [0.1, 0.15) is 73.6 Å². The van der Waals surface area contributed by atoms with Crippen LogP contribution < -0.4 is 15.4 Å². The highest BCUT2D eigenvalue weighted by molar-refractivity contribution is 5.94. The van der Waals surface area contributed by atoms with E-state index in [-0.39, 0.29) is 12.5 Å². The molecule has 0 unspecified atom stereocenters. The summed E-state index contributed by atoms with van der Waals surface area (Å²) in [6.07, 6.45) is 6.16. The van der Waals surface area contributed by atoms with E-state index in [2.05, 4.69) is 22.0 Å². The Bertz CT molecular complexity index is 846. The maximum atomic E-state index is 11.6. The number of amides is 1. The first-order valence-electron chi connectivity index (χ1n) is 11.3. The highest BCUT2D eigenvalue weighted by atomic mass is 16.5. The second-order valence-corrected chi connectivity index (χ2v) is 8.36. The molecule has 8 heteroatoms. The second-order valence-electron chi connectivity index (χ2n) is 8.36. The number of piperidine rings is 1. The number of nitrogens with zero attached hydrogens (tertiary/aromatic N) is 3. The van der Waals surface area contributed by atoms with E-state index in [1.807, 2.05) is 13.0 Å². The van der Waals surface area contributed by atoms with Crippen molar-refractivity contribution in [3.63, 3.8) is 0 Å². The number of hydrogen-bond donors (Lipinski definition) is 2. The van der Waals surface area contributed by atoms with E-state index in [1.165, 1.54) is 0 Å². The Labute approximate surface area is 183 Å². The first kappa shape index (κ1) is 23.1. The molecule has 1 aliphatic heterocycles. The quantitative estimate of drug-likeness (QED) is 0.526. The molecule has 0 spiro atoms. The second kappa shape index (κ2) is 11.1. The lowest BCUT2D eigenvalue weighted by Gasteiger charge is -2.30. The molecule has 3 N–H and O–H groups in total. The van der Waals surface area contributed by atoms with Crippen molar-refractivity contribution in [2.24, 2.45) is 11.7 Å². The van der Waals surface area contributed by atoms with Crippen LogP contribution in [0.15, 0.2) is 22.7 Å². The predicted molar refractivity (Wildman–Crippen MR) is 118 cm³/mol. The molecule has 1 fully saturated rings. The highest BCUT2D eigenvalue weighted by Gasteiger charge is 2.23. The molecule has 1 atom stereocenters. The fourth-order valence-corrected chi connectivity index (χ4v) is 4.03. The van der Waals surface area contributed by atoms with Crippen molar-refractivity contribution in [1.82, 2.24) is 10.1 Å². The van der Waals surface area contributed by atoms with Crippen LogP contribution in [0, 0.1) is 5.92 Å². The van der Waals surface area contributed by atoms with Crippen LogP contribution in [0.4, 0.5) is 6.01 Å². The molecule has 8 nitrogen and oxygen atoms in total. The lowest BCUT2D eigenvalue weighted by molar-refractivity contribution is 0.0998. The molecule has 0 radical (unpaired) electrons. The molecular formula is C23H34N4O4. The first-order valence-corrected chi connectivity index (χ1v) is 11.3. The first-order chi connectivity index (χ1) is 15.0. The highest BCUT2D eigenvalue weighted by Crippen LogP contribution is 2.27. The molecule has 0 bridgehead atoms. The van der Waals surface area contributed by atoms with Gasteiger partial charge in [-0.2, -0.15) is 4.98 Å². The summed E-state index contributed by atoms with van der Waals surface area (Å²) in [5.41, 5.74) is 6.60. The smallest absolute Gasteiger partial charge is 0.324 e. The van der Waals surface area contributed by atoms with Crippen LogP contribution in [-0.2, 0) is 6.42 Å². The third-order valence-electron chi connectivity index (χ3n) is 5.93. The van der Waals surface area contributed by atoms with Gasteiger partial charge in [0.1, 0.15) is 5.75 Å². The third-order valence-corrected chi connectivity index (χ3v) is 5.93. The molecule has 2 heterocycles. The van der Waals surface area contributed by atoms with Gasteiger partial charge < -0.3 is 25.0 Å². The molecule has 1 aliphatic rings. The van der Waals surface area contributed by atoms with Gasteiger partial charge in [0.2, 0.25) is 5.91 Å². The number of aryl methyl sites for hydroxylation is 1. The number of nitrogens with two attached hydrogens (primary N) is 1. The number of primary amides is 1. The fourth-order valence-electron chi connectivity index (χ4n) is 4.03. The van der Waals surface area contributed by atoms with E-state index in [0.717, 1.165) is 63.0 Å².